The Morgan fingerprint density at radius 3 is 2.53 bits per heavy atom. The van der Waals surface area contributed by atoms with Crippen LogP contribution in [-0.4, -0.2) is 16.6 Å². The first kappa shape index (κ1) is 14.2. The van der Waals surface area contributed by atoms with Gasteiger partial charge in [0.1, 0.15) is 5.54 Å². The molecule has 1 aliphatic carbocycles. The van der Waals surface area contributed by atoms with Crippen LogP contribution in [0.4, 0.5) is 5.69 Å². The maximum Gasteiger partial charge on any atom is 0.329 e. The van der Waals surface area contributed by atoms with Gasteiger partial charge in [0.15, 0.2) is 0 Å². The largest absolute Gasteiger partial charge is 0.480 e. The predicted molar refractivity (Wildman–Crippen MR) is 77.6 cm³/mol. The van der Waals surface area contributed by atoms with Crippen molar-refractivity contribution >= 4 is 23.3 Å². The van der Waals surface area contributed by atoms with Crippen molar-refractivity contribution in [3.63, 3.8) is 0 Å². The van der Waals surface area contributed by atoms with Crippen LogP contribution in [0.2, 0.25) is 5.02 Å². The molecule has 2 unspecified atom stereocenters. The highest BCUT2D eigenvalue weighted by Crippen LogP contribution is 2.38. The average molecular weight is 282 g/mol. The Bertz CT molecular complexity index is 465. The number of halogens is 1. The number of carboxylic acids is 1. The molecular weight excluding hydrogens is 262 g/mol. The lowest BCUT2D eigenvalue weighted by atomic mass is 9.71. The molecule has 0 radical (unpaired) electrons. The van der Waals surface area contributed by atoms with Gasteiger partial charge in [0.25, 0.3) is 0 Å². The number of benzene rings is 1. The molecule has 2 atom stereocenters. The van der Waals surface area contributed by atoms with Gasteiger partial charge in [-0.2, -0.15) is 0 Å². The lowest BCUT2D eigenvalue weighted by Gasteiger charge is -2.40. The summed E-state index contributed by atoms with van der Waals surface area (Å²) in [5.74, 6) is 0.0453. The molecule has 2 rings (SSSR count). The van der Waals surface area contributed by atoms with Gasteiger partial charge in [0.2, 0.25) is 0 Å². The van der Waals surface area contributed by atoms with Gasteiger partial charge >= 0.3 is 5.97 Å². The van der Waals surface area contributed by atoms with E-state index >= 15 is 0 Å². The molecule has 0 aromatic heterocycles. The standard InChI is InChI=1S/C15H20ClNO2/c1-10-6-11(2)9-15(8-10,14(18)19)17-13-5-3-4-12(16)7-13/h3-5,7,10-11,17H,6,8-9H2,1-2H3,(H,18,19). The van der Waals surface area contributed by atoms with Crippen LogP contribution in [0.1, 0.15) is 33.1 Å². The van der Waals surface area contributed by atoms with Crippen molar-refractivity contribution in [2.24, 2.45) is 11.8 Å². The van der Waals surface area contributed by atoms with Crippen LogP contribution in [0, 0.1) is 11.8 Å². The van der Waals surface area contributed by atoms with Crippen molar-refractivity contribution in [1.82, 2.24) is 0 Å². The van der Waals surface area contributed by atoms with Crippen molar-refractivity contribution in [2.45, 2.75) is 38.6 Å². The Morgan fingerprint density at radius 2 is 2.00 bits per heavy atom. The molecule has 104 valence electrons. The number of carbonyl (C=O) groups is 1. The number of hydrogen-bond acceptors (Lipinski definition) is 2. The van der Waals surface area contributed by atoms with Gasteiger partial charge in [-0.1, -0.05) is 31.5 Å². The van der Waals surface area contributed by atoms with E-state index in [1.807, 2.05) is 12.1 Å². The van der Waals surface area contributed by atoms with Crippen LogP contribution >= 0.6 is 11.6 Å². The minimum Gasteiger partial charge on any atom is -0.480 e. The number of aliphatic carboxylic acids is 1. The second kappa shape index (κ2) is 5.41. The summed E-state index contributed by atoms with van der Waals surface area (Å²) in [5.41, 5.74) is -0.0990. The third-order valence-electron chi connectivity index (χ3n) is 3.82. The van der Waals surface area contributed by atoms with Gasteiger partial charge in [0.05, 0.1) is 0 Å². The van der Waals surface area contributed by atoms with E-state index in [0.717, 1.165) is 12.1 Å². The first-order chi connectivity index (χ1) is 8.91. The molecule has 3 nitrogen and oxygen atoms in total. The van der Waals surface area contributed by atoms with Gasteiger partial charge in [-0.15, -0.1) is 0 Å². The molecule has 2 N–H and O–H groups in total. The van der Waals surface area contributed by atoms with Crippen molar-refractivity contribution in [1.29, 1.82) is 0 Å². The molecule has 1 aromatic carbocycles. The Balaban J connectivity index is 2.27. The molecule has 1 saturated carbocycles. The summed E-state index contributed by atoms with van der Waals surface area (Å²) in [4.78, 5) is 11.8. The van der Waals surface area contributed by atoms with E-state index in [9.17, 15) is 9.90 Å². The summed E-state index contributed by atoms with van der Waals surface area (Å²) in [6.07, 6.45) is 2.39. The van der Waals surface area contributed by atoms with Crippen LogP contribution in [-0.2, 0) is 4.79 Å². The third kappa shape index (κ3) is 3.21. The fraction of sp³-hybridized carbons (Fsp3) is 0.533. The maximum atomic E-state index is 11.8. The van der Waals surface area contributed by atoms with E-state index in [1.54, 1.807) is 12.1 Å². The quantitative estimate of drug-likeness (QED) is 0.879. The molecule has 0 heterocycles. The van der Waals surface area contributed by atoms with Crippen molar-refractivity contribution in [3.05, 3.63) is 29.3 Å². The predicted octanol–water partition coefficient (Wildman–Crippen LogP) is 4.03. The van der Waals surface area contributed by atoms with Gasteiger partial charge < -0.3 is 10.4 Å². The molecule has 1 fully saturated rings. The zero-order valence-electron chi connectivity index (χ0n) is 11.3. The van der Waals surface area contributed by atoms with Crippen molar-refractivity contribution < 1.29 is 9.90 Å². The van der Waals surface area contributed by atoms with Gasteiger partial charge in [-0.3, -0.25) is 0 Å². The average Bonchev–Trinajstić information content (AvgIpc) is 2.27. The SMILES string of the molecule is CC1CC(C)CC(Nc2cccc(Cl)c2)(C(=O)O)C1. The Kier molecular flexibility index (Phi) is 4.04. The van der Waals surface area contributed by atoms with Crippen molar-refractivity contribution in [3.8, 4) is 0 Å². The first-order valence-corrected chi connectivity index (χ1v) is 7.06. The number of anilines is 1. The number of rotatable bonds is 3. The maximum absolute atomic E-state index is 11.8. The Labute approximate surface area is 119 Å². The van der Waals surface area contributed by atoms with Crippen LogP contribution in [0.3, 0.4) is 0 Å². The Morgan fingerprint density at radius 1 is 1.37 bits per heavy atom. The molecule has 0 saturated heterocycles. The van der Waals surface area contributed by atoms with E-state index in [-0.39, 0.29) is 0 Å². The lowest BCUT2D eigenvalue weighted by molar-refractivity contribution is -0.144. The summed E-state index contributed by atoms with van der Waals surface area (Å²) in [7, 11) is 0. The highest BCUT2D eigenvalue weighted by atomic mass is 35.5. The topological polar surface area (TPSA) is 49.3 Å². The molecule has 0 spiro atoms. The van der Waals surface area contributed by atoms with Crippen molar-refractivity contribution in [2.75, 3.05) is 5.32 Å². The van der Waals surface area contributed by atoms with Gasteiger partial charge in [0, 0.05) is 10.7 Å². The minimum atomic E-state index is -0.873. The van der Waals surface area contributed by atoms with E-state index in [4.69, 9.17) is 11.6 Å². The zero-order valence-corrected chi connectivity index (χ0v) is 12.1. The van der Waals surface area contributed by atoms with Crippen LogP contribution in [0.25, 0.3) is 0 Å². The summed E-state index contributed by atoms with van der Waals surface area (Å²) in [6.45, 7) is 4.24. The second-order valence-electron chi connectivity index (χ2n) is 5.88. The first-order valence-electron chi connectivity index (χ1n) is 6.68. The molecule has 19 heavy (non-hydrogen) atoms. The summed E-state index contributed by atoms with van der Waals surface area (Å²) in [6, 6.07) is 7.25. The number of carboxylic acid groups (broad SMARTS) is 1. The van der Waals surface area contributed by atoms with Crippen LogP contribution < -0.4 is 5.32 Å². The fourth-order valence-corrected chi connectivity index (χ4v) is 3.49. The number of nitrogens with one attached hydrogen (secondary N) is 1. The van der Waals surface area contributed by atoms with E-state index < -0.39 is 11.5 Å². The van der Waals surface area contributed by atoms with Crippen LogP contribution in [0.15, 0.2) is 24.3 Å². The molecule has 4 heteroatoms. The third-order valence-corrected chi connectivity index (χ3v) is 4.05. The van der Waals surface area contributed by atoms with E-state index in [2.05, 4.69) is 19.2 Å². The Hall–Kier alpha value is -1.22. The molecule has 0 amide bonds. The monoisotopic (exact) mass is 281 g/mol. The lowest BCUT2D eigenvalue weighted by Crippen LogP contribution is -2.51. The van der Waals surface area contributed by atoms with E-state index in [0.29, 0.717) is 29.7 Å². The van der Waals surface area contributed by atoms with Gasteiger partial charge in [-0.05, 0) is 49.3 Å². The fourth-order valence-electron chi connectivity index (χ4n) is 3.30. The van der Waals surface area contributed by atoms with Crippen LogP contribution in [0.5, 0.6) is 0 Å². The highest BCUT2D eigenvalue weighted by molar-refractivity contribution is 6.30. The summed E-state index contributed by atoms with van der Waals surface area (Å²) < 4.78 is 0. The number of hydrogen-bond donors (Lipinski definition) is 2. The minimum absolute atomic E-state index is 0.409. The van der Waals surface area contributed by atoms with Gasteiger partial charge in [-0.25, -0.2) is 4.79 Å². The normalized spacial score (nSPS) is 30.9. The van der Waals surface area contributed by atoms with E-state index in [1.165, 1.54) is 0 Å². The molecule has 1 aromatic rings. The zero-order chi connectivity index (χ0) is 14.0. The molecule has 0 aliphatic heterocycles. The molecule has 0 bridgehead atoms. The highest BCUT2D eigenvalue weighted by Gasteiger charge is 2.44. The summed E-state index contributed by atoms with van der Waals surface area (Å²) >= 11 is 5.96. The smallest absolute Gasteiger partial charge is 0.329 e. The summed E-state index contributed by atoms with van der Waals surface area (Å²) in [5, 5.41) is 13.5. The molecule has 1 aliphatic rings. The second-order valence-corrected chi connectivity index (χ2v) is 6.31. The molecular formula is C15H20ClNO2.